The zero-order valence-electron chi connectivity index (χ0n) is 13.8. The first-order chi connectivity index (χ1) is 11.0. The zero-order chi connectivity index (χ0) is 16.4. The van der Waals surface area contributed by atoms with Crippen LogP contribution in [0.4, 0.5) is 5.69 Å². The van der Waals surface area contributed by atoms with E-state index >= 15 is 0 Å². The van der Waals surface area contributed by atoms with Crippen LogP contribution in [-0.4, -0.2) is 29.4 Å². The number of hydrogen-bond acceptors (Lipinski definition) is 3. The number of hydrogen-bond donors (Lipinski definition) is 1. The largest absolute Gasteiger partial charge is 0.395 e. The topological polar surface area (TPSA) is 45.5 Å². The highest BCUT2D eigenvalue weighted by atomic mass is 16.3. The number of benzene rings is 1. The molecule has 4 heteroatoms. The van der Waals surface area contributed by atoms with Crippen LogP contribution in [0.1, 0.15) is 24.6 Å². The fourth-order valence-electron chi connectivity index (χ4n) is 3.54. The van der Waals surface area contributed by atoms with Gasteiger partial charge in [-0.1, -0.05) is 37.3 Å². The molecule has 4 nitrogen and oxygen atoms in total. The summed E-state index contributed by atoms with van der Waals surface area (Å²) in [5, 5.41) is 9.07. The average molecular weight is 312 g/mol. The first-order valence-corrected chi connectivity index (χ1v) is 8.16. The van der Waals surface area contributed by atoms with Crippen LogP contribution in [-0.2, 0) is 12.0 Å². The van der Waals surface area contributed by atoms with Gasteiger partial charge in [0.05, 0.1) is 6.61 Å². The van der Waals surface area contributed by atoms with Crippen molar-refractivity contribution in [3.63, 3.8) is 0 Å². The molecule has 2 heterocycles. The second kappa shape index (κ2) is 6.20. The number of aromatic nitrogens is 1. The van der Waals surface area contributed by atoms with Crippen molar-refractivity contribution in [2.24, 2.45) is 0 Å². The second-order valence-corrected chi connectivity index (χ2v) is 6.67. The molecule has 1 unspecified atom stereocenters. The van der Waals surface area contributed by atoms with Crippen molar-refractivity contribution in [3.8, 4) is 0 Å². The lowest BCUT2D eigenvalue weighted by molar-refractivity contribution is 0.273. The standard InChI is InChI=1S/C19H24N2O2/c1-15-12-17(13-18(23)21(15)10-11-22)20-9-8-19(2,14-20)16-6-4-3-5-7-16/h3-7,12-13,22H,8-11,14H2,1-2H3. The van der Waals surface area contributed by atoms with Gasteiger partial charge >= 0.3 is 0 Å². The first-order valence-electron chi connectivity index (χ1n) is 8.16. The summed E-state index contributed by atoms with van der Waals surface area (Å²) in [6, 6.07) is 14.3. The van der Waals surface area contributed by atoms with Gasteiger partial charge in [0.1, 0.15) is 0 Å². The van der Waals surface area contributed by atoms with Crippen molar-refractivity contribution in [2.45, 2.75) is 32.2 Å². The Morgan fingerprint density at radius 1 is 1.22 bits per heavy atom. The predicted octanol–water partition coefficient (Wildman–Crippen LogP) is 2.32. The Labute approximate surface area is 137 Å². The maximum Gasteiger partial charge on any atom is 0.252 e. The van der Waals surface area contributed by atoms with Crippen molar-refractivity contribution in [2.75, 3.05) is 24.6 Å². The number of anilines is 1. The minimum atomic E-state index is -0.0395. The van der Waals surface area contributed by atoms with Crippen LogP contribution in [0.25, 0.3) is 0 Å². The molecule has 3 rings (SSSR count). The Balaban J connectivity index is 1.86. The van der Waals surface area contributed by atoms with Gasteiger partial charge in [0, 0.05) is 42.5 Å². The molecule has 1 N–H and O–H groups in total. The molecule has 1 saturated heterocycles. The summed E-state index contributed by atoms with van der Waals surface area (Å²) in [7, 11) is 0. The summed E-state index contributed by atoms with van der Waals surface area (Å²) >= 11 is 0. The molecule has 1 aromatic carbocycles. The Hall–Kier alpha value is -2.07. The summed E-state index contributed by atoms with van der Waals surface area (Å²) in [6.07, 6.45) is 1.08. The van der Waals surface area contributed by atoms with E-state index in [4.69, 9.17) is 5.11 Å². The first kappa shape index (κ1) is 15.8. The lowest BCUT2D eigenvalue weighted by Gasteiger charge is -2.26. The normalized spacial score (nSPS) is 20.9. The molecular formula is C19H24N2O2. The molecule has 0 aliphatic carbocycles. The van der Waals surface area contributed by atoms with Gasteiger partial charge in [-0.05, 0) is 25.0 Å². The third-order valence-electron chi connectivity index (χ3n) is 4.95. The number of pyridine rings is 1. The Morgan fingerprint density at radius 2 is 1.96 bits per heavy atom. The van der Waals surface area contributed by atoms with E-state index in [-0.39, 0.29) is 17.6 Å². The highest BCUT2D eigenvalue weighted by molar-refractivity contribution is 5.50. The van der Waals surface area contributed by atoms with Crippen molar-refractivity contribution < 1.29 is 5.11 Å². The average Bonchev–Trinajstić information content (AvgIpc) is 2.95. The molecule has 23 heavy (non-hydrogen) atoms. The molecule has 0 saturated carbocycles. The van der Waals surface area contributed by atoms with E-state index in [1.54, 1.807) is 10.6 Å². The number of aryl methyl sites for hydroxylation is 1. The minimum Gasteiger partial charge on any atom is -0.395 e. The van der Waals surface area contributed by atoms with Gasteiger partial charge in [-0.3, -0.25) is 4.79 Å². The Morgan fingerprint density at radius 3 is 2.61 bits per heavy atom. The summed E-state index contributed by atoms with van der Waals surface area (Å²) in [4.78, 5) is 14.6. The lowest BCUT2D eigenvalue weighted by atomic mass is 9.82. The van der Waals surface area contributed by atoms with Gasteiger partial charge in [0.2, 0.25) is 0 Å². The van der Waals surface area contributed by atoms with Crippen LogP contribution in [0.3, 0.4) is 0 Å². The summed E-state index contributed by atoms with van der Waals surface area (Å²) in [6.45, 7) is 6.42. The number of aliphatic hydroxyl groups is 1. The van der Waals surface area contributed by atoms with Gasteiger partial charge in [-0.25, -0.2) is 0 Å². The van der Waals surface area contributed by atoms with Crippen molar-refractivity contribution >= 4 is 5.69 Å². The molecule has 0 radical (unpaired) electrons. The molecule has 2 aromatic rings. The molecule has 0 amide bonds. The Bertz CT molecular complexity index is 739. The fourth-order valence-corrected chi connectivity index (χ4v) is 3.54. The maximum atomic E-state index is 12.3. The van der Waals surface area contributed by atoms with E-state index in [0.717, 1.165) is 30.9 Å². The third-order valence-corrected chi connectivity index (χ3v) is 4.95. The van der Waals surface area contributed by atoms with E-state index in [2.05, 4.69) is 36.1 Å². The van der Waals surface area contributed by atoms with E-state index < -0.39 is 0 Å². The molecule has 122 valence electrons. The van der Waals surface area contributed by atoms with Crippen LogP contribution in [0.2, 0.25) is 0 Å². The van der Waals surface area contributed by atoms with E-state index in [9.17, 15) is 4.79 Å². The molecule has 0 bridgehead atoms. The maximum absolute atomic E-state index is 12.3. The van der Waals surface area contributed by atoms with E-state index in [0.29, 0.717) is 6.54 Å². The van der Waals surface area contributed by atoms with Gasteiger partial charge in [-0.15, -0.1) is 0 Å². The van der Waals surface area contributed by atoms with Crippen LogP contribution in [0, 0.1) is 6.92 Å². The molecule has 1 atom stereocenters. The zero-order valence-corrected chi connectivity index (χ0v) is 13.8. The van der Waals surface area contributed by atoms with Gasteiger partial charge in [0.25, 0.3) is 5.56 Å². The predicted molar refractivity (Wildman–Crippen MR) is 93.1 cm³/mol. The van der Waals surface area contributed by atoms with Crippen LogP contribution in [0.5, 0.6) is 0 Å². The van der Waals surface area contributed by atoms with Gasteiger partial charge in [-0.2, -0.15) is 0 Å². The van der Waals surface area contributed by atoms with Crippen molar-refractivity contribution in [1.82, 2.24) is 4.57 Å². The molecule has 1 fully saturated rings. The quantitative estimate of drug-likeness (QED) is 0.942. The molecule has 1 aliphatic heterocycles. The van der Waals surface area contributed by atoms with Crippen molar-refractivity contribution in [3.05, 3.63) is 64.1 Å². The fraction of sp³-hybridized carbons (Fsp3) is 0.421. The molecule has 0 spiro atoms. The van der Waals surface area contributed by atoms with E-state index in [1.807, 2.05) is 19.1 Å². The Kier molecular flexibility index (Phi) is 4.26. The SMILES string of the molecule is Cc1cc(N2CCC(C)(c3ccccc3)C2)cc(=O)n1CCO. The van der Waals surface area contributed by atoms with Crippen molar-refractivity contribution in [1.29, 1.82) is 0 Å². The number of nitrogens with zero attached hydrogens (tertiary/aromatic N) is 2. The lowest BCUT2D eigenvalue weighted by Crippen LogP contribution is -2.30. The van der Waals surface area contributed by atoms with Crippen LogP contribution in [0.15, 0.2) is 47.3 Å². The third kappa shape index (κ3) is 3.04. The monoisotopic (exact) mass is 312 g/mol. The second-order valence-electron chi connectivity index (χ2n) is 6.67. The summed E-state index contributed by atoms with van der Waals surface area (Å²) < 4.78 is 1.62. The molecular weight excluding hydrogens is 288 g/mol. The molecule has 1 aliphatic rings. The van der Waals surface area contributed by atoms with Crippen LogP contribution >= 0.6 is 0 Å². The highest BCUT2D eigenvalue weighted by Crippen LogP contribution is 2.36. The van der Waals surface area contributed by atoms with Gasteiger partial charge in [0.15, 0.2) is 0 Å². The van der Waals surface area contributed by atoms with Crippen LogP contribution < -0.4 is 10.5 Å². The van der Waals surface area contributed by atoms with E-state index in [1.165, 1.54) is 5.56 Å². The minimum absolute atomic E-state index is 0.0180. The number of aliphatic hydroxyl groups excluding tert-OH is 1. The number of rotatable bonds is 4. The summed E-state index contributed by atoms with van der Waals surface area (Å²) in [5.74, 6) is 0. The highest BCUT2D eigenvalue weighted by Gasteiger charge is 2.35. The molecule has 1 aromatic heterocycles. The van der Waals surface area contributed by atoms with Gasteiger partial charge < -0.3 is 14.6 Å². The smallest absolute Gasteiger partial charge is 0.252 e. The summed E-state index contributed by atoms with van der Waals surface area (Å²) in [5.41, 5.74) is 3.32.